The zero-order valence-corrected chi connectivity index (χ0v) is 12.3. The number of rotatable bonds is 2. The molecule has 1 unspecified atom stereocenters. The Bertz CT molecular complexity index is 687. The lowest BCUT2D eigenvalue weighted by Gasteiger charge is -2.45. The van der Waals surface area contributed by atoms with Crippen LogP contribution in [0.15, 0.2) is 11.0 Å². The van der Waals surface area contributed by atoms with Gasteiger partial charge in [0.2, 0.25) is 12.2 Å². The molecule has 2 aliphatic rings. The number of nitrogens with two attached hydrogens (primary N) is 1. The van der Waals surface area contributed by atoms with E-state index in [0.29, 0.717) is 17.0 Å². The fraction of sp³-hybridized carbons (Fsp3) is 0.538. The van der Waals surface area contributed by atoms with Gasteiger partial charge in [0.05, 0.1) is 6.61 Å². The van der Waals surface area contributed by atoms with Gasteiger partial charge in [-0.3, -0.25) is 9.78 Å². The van der Waals surface area contributed by atoms with Crippen LogP contribution in [0.1, 0.15) is 12.5 Å². The Morgan fingerprint density at radius 2 is 2.36 bits per heavy atom. The summed E-state index contributed by atoms with van der Waals surface area (Å²) in [5, 5.41) is 19.7. The fourth-order valence-electron chi connectivity index (χ4n) is 3.23. The molecule has 5 N–H and O–H groups in total. The highest BCUT2D eigenvalue weighted by Gasteiger charge is 2.55. The fourth-order valence-corrected chi connectivity index (χ4v) is 3.23. The van der Waals surface area contributed by atoms with E-state index in [1.54, 1.807) is 13.1 Å². The molecule has 120 valence electrons. The van der Waals surface area contributed by atoms with Crippen LogP contribution < -0.4 is 15.8 Å². The smallest absolute Gasteiger partial charge is 0.266 e. The van der Waals surface area contributed by atoms with E-state index in [1.807, 2.05) is 0 Å². The second-order valence-electron chi connectivity index (χ2n) is 5.53. The van der Waals surface area contributed by atoms with Crippen molar-refractivity contribution in [3.8, 4) is 0 Å². The normalized spacial score (nSPS) is 33.8. The number of nitrogens with zero attached hydrogens (tertiary/aromatic N) is 2. The summed E-state index contributed by atoms with van der Waals surface area (Å²) >= 11 is 0. The summed E-state index contributed by atoms with van der Waals surface area (Å²) in [6.45, 7) is 1.51. The summed E-state index contributed by atoms with van der Waals surface area (Å²) in [6, 6.07) is 0. The quantitative estimate of drug-likeness (QED) is 0.500. The van der Waals surface area contributed by atoms with Gasteiger partial charge in [-0.1, -0.05) is 0 Å². The van der Waals surface area contributed by atoms with Crippen LogP contribution in [-0.4, -0.2) is 59.1 Å². The molecule has 3 heterocycles. The van der Waals surface area contributed by atoms with Crippen LogP contribution in [0.2, 0.25) is 0 Å². The van der Waals surface area contributed by atoms with Gasteiger partial charge in [0, 0.05) is 12.7 Å². The number of nitrogens with one attached hydrogen (secondary N) is 1. The Morgan fingerprint density at radius 1 is 1.64 bits per heavy atom. The molecule has 1 spiro atoms. The molecular weight excluding hydrogens is 292 g/mol. The first kappa shape index (κ1) is 15.1. The van der Waals surface area contributed by atoms with Crippen LogP contribution in [-0.2, 0) is 9.47 Å². The van der Waals surface area contributed by atoms with Gasteiger partial charge in [-0.15, -0.1) is 0 Å². The molecular formula is C13H19N4O5+. The molecule has 0 amide bonds. The zero-order chi connectivity index (χ0) is 16.1. The first-order valence-electron chi connectivity index (χ1n) is 6.85. The third-order valence-electron chi connectivity index (χ3n) is 4.18. The predicted octanol–water partition coefficient (Wildman–Crippen LogP) is -1.28. The van der Waals surface area contributed by atoms with E-state index < -0.39 is 18.4 Å². The molecule has 2 aliphatic heterocycles. The lowest BCUT2D eigenvalue weighted by molar-refractivity contribution is -0.219. The lowest BCUT2D eigenvalue weighted by Crippen LogP contribution is -2.67. The maximum absolute atomic E-state index is 12.2. The number of aromatic nitrogens is 2. The van der Waals surface area contributed by atoms with Crippen molar-refractivity contribution in [2.75, 3.05) is 26.2 Å². The highest BCUT2D eigenvalue weighted by molar-refractivity contribution is 5.79. The topological polar surface area (TPSA) is 131 Å². The molecule has 1 saturated heterocycles. The Balaban J connectivity index is 2.18. The van der Waals surface area contributed by atoms with Gasteiger partial charge in [0.1, 0.15) is 17.9 Å². The minimum Gasteiger partial charge on any atom is -0.394 e. The SMILES string of the molecule is CO[C@@H]1[C@H](O)[C@@H](CO)OC[N+]12C=C(C)c1c2nc(N)[nH]c1=O. The van der Waals surface area contributed by atoms with Crippen LogP contribution in [0, 0.1) is 0 Å². The number of aliphatic hydroxyl groups excluding tert-OH is 2. The van der Waals surface area contributed by atoms with Crippen molar-refractivity contribution >= 4 is 17.3 Å². The van der Waals surface area contributed by atoms with Crippen molar-refractivity contribution in [2.45, 2.75) is 25.4 Å². The predicted molar refractivity (Wildman–Crippen MR) is 78.3 cm³/mol. The second-order valence-corrected chi connectivity index (χ2v) is 5.53. The molecule has 4 atom stereocenters. The van der Waals surface area contributed by atoms with Crippen molar-refractivity contribution < 1.29 is 19.7 Å². The van der Waals surface area contributed by atoms with Crippen LogP contribution in [0.25, 0.3) is 5.57 Å². The van der Waals surface area contributed by atoms with Crippen LogP contribution in [0.4, 0.5) is 11.8 Å². The first-order valence-corrected chi connectivity index (χ1v) is 6.85. The van der Waals surface area contributed by atoms with Gasteiger partial charge in [0.25, 0.3) is 11.4 Å². The van der Waals surface area contributed by atoms with E-state index in [0.717, 1.165) is 0 Å². The molecule has 3 rings (SSSR count). The Kier molecular flexibility index (Phi) is 3.54. The van der Waals surface area contributed by atoms with Crippen molar-refractivity contribution in [1.82, 2.24) is 14.5 Å². The van der Waals surface area contributed by atoms with Gasteiger partial charge < -0.3 is 25.4 Å². The number of allylic oxidation sites excluding steroid dienone is 1. The first-order chi connectivity index (χ1) is 10.4. The summed E-state index contributed by atoms with van der Waals surface area (Å²) in [6.07, 6.45) is -0.847. The van der Waals surface area contributed by atoms with E-state index in [9.17, 15) is 15.0 Å². The minimum absolute atomic E-state index is 0.0158. The summed E-state index contributed by atoms with van der Waals surface area (Å²) < 4.78 is 10.9. The minimum atomic E-state index is -1.08. The number of ether oxygens (including phenoxy) is 2. The number of aromatic amines is 1. The number of methoxy groups -OCH3 is 1. The number of hydrogen-bond acceptors (Lipinski definition) is 7. The van der Waals surface area contributed by atoms with Gasteiger partial charge in [-0.2, -0.15) is 9.47 Å². The Labute approximate surface area is 126 Å². The third-order valence-corrected chi connectivity index (χ3v) is 4.18. The van der Waals surface area contributed by atoms with Crippen LogP contribution in [0.5, 0.6) is 0 Å². The van der Waals surface area contributed by atoms with Crippen LogP contribution in [0.3, 0.4) is 0 Å². The number of nitrogen functional groups attached to an aromatic ring is 1. The maximum Gasteiger partial charge on any atom is 0.266 e. The van der Waals surface area contributed by atoms with E-state index in [2.05, 4.69) is 9.97 Å². The van der Waals surface area contributed by atoms with Gasteiger partial charge >= 0.3 is 0 Å². The molecule has 0 radical (unpaired) electrons. The number of anilines is 1. The molecule has 0 bridgehead atoms. The van der Waals surface area contributed by atoms with Crippen molar-refractivity contribution in [3.05, 3.63) is 22.1 Å². The number of aliphatic hydroxyl groups is 2. The van der Waals surface area contributed by atoms with E-state index >= 15 is 0 Å². The van der Waals surface area contributed by atoms with Crippen LogP contribution >= 0.6 is 0 Å². The third kappa shape index (κ3) is 1.91. The van der Waals surface area contributed by atoms with E-state index in [1.165, 1.54) is 7.11 Å². The Morgan fingerprint density at radius 3 is 3.00 bits per heavy atom. The highest BCUT2D eigenvalue weighted by Crippen LogP contribution is 2.42. The van der Waals surface area contributed by atoms with Crippen molar-refractivity contribution in [3.63, 3.8) is 0 Å². The monoisotopic (exact) mass is 311 g/mol. The Hall–Kier alpha value is -1.78. The molecule has 1 aromatic heterocycles. The lowest BCUT2D eigenvalue weighted by atomic mass is 10.1. The molecule has 9 nitrogen and oxygen atoms in total. The second kappa shape index (κ2) is 5.14. The van der Waals surface area contributed by atoms with E-state index in [-0.39, 0.29) is 29.3 Å². The molecule has 22 heavy (non-hydrogen) atoms. The summed E-state index contributed by atoms with van der Waals surface area (Å²) in [5.41, 5.74) is 6.41. The molecule has 1 fully saturated rings. The molecule has 0 aromatic carbocycles. The number of H-pyrrole nitrogens is 1. The van der Waals surface area contributed by atoms with Gasteiger partial charge in [-0.05, 0) is 6.92 Å². The van der Waals surface area contributed by atoms with Crippen molar-refractivity contribution in [2.24, 2.45) is 0 Å². The van der Waals surface area contributed by atoms with Gasteiger partial charge in [0.15, 0.2) is 12.8 Å². The number of quaternary nitrogens is 1. The summed E-state index contributed by atoms with van der Waals surface area (Å²) in [5.74, 6) is 0.360. The summed E-state index contributed by atoms with van der Waals surface area (Å²) in [7, 11) is 1.45. The molecule has 9 heteroatoms. The number of hydrogen-bond donors (Lipinski definition) is 4. The largest absolute Gasteiger partial charge is 0.394 e. The zero-order valence-electron chi connectivity index (χ0n) is 12.3. The average Bonchev–Trinajstić information content (AvgIpc) is 2.73. The molecule has 0 saturated carbocycles. The standard InChI is InChI=1S/C13H18N4O5/c1-6-3-17(10-8(6)11(20)16-13(14)15-10)5-22-7(4-18)9(19)12(17)21-2/h3,7,9,12,18-19H,4-5H2,1-2H3,(H2-,14,15,16,20)/p+1/t7-,9-,12-,17?/m1/s1. The van der Waals surface area contributed by atoms with E-state index in [4.69, 9.17) is 15.2 Å². The molecule has 0 aliphatic carbocycles. The average molecular weight is 311 g/mol. The highest BCUT2D eigenvalue weighted by atomic mass is 16.6. The molecule has 1 aromatic rings. The maximum atomic E-state index is 12.2. The van der Waals surface area contributed by atoms with Gasteiger partial charge in [-0.25, -0.2) is 0 Å². The number of fused-ring (bicyclic) bond motifs is 2. The summed E-state index contributed by atoms with van der Waals surface area (Å²) in [4.78, 5) is 18.9. The van der Waals surface area contributed by atoms with Crippen molar-refractivity contribution in [1.29, 1.82) is 0 Å².